The van der Waals surface area contributed by atoms with E-state index in [2.05, 4.69) is 36.5 Å². The lowest BCUT2D eigenvalue weighted by Crippen LogP contribution is -2.31. The number of benzene rings is 1. The van der Waals surface area contributed by atoms with Crippen LogP contribution in [0.2, 0.25) is 0 Å². The summed E-state index contributed by atoms with van der Waals surface area (Å²) in [4.78, 5) is 13.1. The second kappa shape index (κ2) is 6.31. The molecule has 1 aromatic heterocycles. The zero-order valence-electron chi connectivity index (χ0n) is 15.6. The van der Waals surface area contributed by atoms with Gasteiger partial charge in [-0.2, -0.15) is 0 Å². The van der Waals surface area contributed by atoms with Gasteiger partial charge in [-0.05, 0) is 42.9 Å². The molecule has 0 bridgehead atoms. The quantitative estimate of drug-likeness (QED) is 0.877. The number of anilines is 1. The Balaban J connectivity index is 1.71. The van der Waals surface area contributed by atoms with E-state index in [9.17, 15) is 4.79 Å². The molecule has 1 aliphatic carbocycles. The van der Waals surface area contributed by atoms with Gasteiger partial charge in [0.2, 0.25) is 5.88 Å². The van der Waals surface area contributed by atoms with Gasteiger partial charge in [0.15, 0.2) is 5.78 Å². The van der Waals surface area contributed by atoms with Gasteiger partial charge in [0.05, 0.1) is 12.8 Å². The monoisotopic (exact) mass is 352 g/mol. The molecule has 136 valence electrons. The number of carbonyl (C=O) groups excluding carboxylic acids is 1. The van der Waals surface area contributed by atoms with Crippen LogP contribution in [-0.4, -0.2) is 18.0 Å². The summed E-state index contributed by atoms with van der Waals surface area (Å²) in [6.45, 7) is 6.25. The number of ketones is 1. The SMILES string of the molecule is COc1ccc([C@H]2CC(=O)C3=C(C2)Nc2onc(C)c2[C@@H]3C(C)C)cc1. The van der Waals surface area contributed by atoms with Crippen molar-refractivity contribution in [2.24, 2.45) is 5.92 Å². The van der Waals surface area contributed by atoms with E-state index in [0.29, 0.717) is 18.2 Å². The average Bonchev–Trinajstić information content (AvgIpc) is 3.00. The Morgan fingerprint density at radius 1 is 1.23 bits per heavy atom. The highest BCUT2D eigenvalue weighted by atomic mass is 16.5. The van der Waals surface area contributed by atoms with E-state index >= 15 is 0 Å². The number of nitrogens with zero attached hydrogens (tertiary/aromatic N) is 1. The predicted molar refractivity (Wildman–Crippen MR) is 99.4 cm³/mol. The van der Waals surface area contributed by atoms with Crippen LogP contribution in [0.15, 0.2) is 40.1 Å². The number of allylic oxidation sites excluding steroid dienone is 2. The molecular weight excluding hydrogens is 328 g/mol. The molecule has 5 heteroatoms. The summed E-state index contributed by atoms with van der Waals surface area (Å²) >= 11 is 0. The molecule has 2 atom stereocenters. The summed E-state index contributed by atoms with van der Waals surface area (Å²) in [6, 6.07) is 8.00. The van der Waals surface area contributed by atoms with Gasteiger partial charge in [-0.3, -0.25) is 4.79 Å². The summed E-state index contributed by atoms with van der Waals surface area (Å²) in [6.07, 6.45) is 1.34. The van der Waals surface area contributed by atoms with Gasteiger partial charge < -0.3 is 14.6 Å². The fraction of sp³-hybridized carbons (Fsp3) is 0.429. The Kier molecular flexibility index (Phi) is 4.10. The third-order valence-corrected chi connectivity index (χ3v) is 5.56. The molecule has 1 N–H and O–H groups in total. The van der Waals surface area contributed by atoms with E-state index in [1.165, 1.54) is 0 Å². The van der Waals surface area contributed by atoms with Crippen molar-refractivity contribution in [3.8, 4) is 5.75 Å². The maximum Gasteiger partial charge on any atom is 0.232 e. The molecule has 0 saturated carbocycles. The van der Waals surface area contributed by atoms with Gasteiger partial charge in [0.1, 0.15) is 5.75 Å². The van der Waals surface area contributed by atoms with Gasteiger partial charge in [-0.25, -0.2) is 0 Å². The van der Waals surface area contributed by atoms with Crippen LogP contribution in [0, 0.1) is 12.8 Å². The second-order valence-electron chi connectivity index (χ2n) is 7.55. The molecule has 4 rings (SSSR count). The zero-order chi connectivity index (χ0) is 18.4. The van der Waals surface area contributed by atoms with Crippen LogP contribution in [0.3, 0.4) is 0 Å². The van der Waals surface area contributed by atoms with Gasteiger partial charge in [0.25, 0.3) is 0 Å². The third kappa shape index (κ3) is 2.62. The first-order valence-corrected chi connectivity index (χ1v) is 9.13. The number of nitrogens with one attached hydrogen (secondary N) is 1. The molecule has 2 heterocycles. The Labute approximate surface area is 153 Å². The van der Waals surface area contributed by atoms with Gasteiger partial charge >= 0.3 is 0 Å². The number of aryl methyl sites for hydroxylation is 1. The van der Waals surface area contributed by atoms with Crippen molar-refractivity contribution in [1.29, 1.82) is 0 Å². The van der Waals surface area contributed by atoms with Crippen LogP contribution in [0.25, 0.3) is 0 Å². The standard InChI is InChI=1S/C21H24N2O3/c1-11(2)18-19-12(3)23-26-21(19)22-16-9-14(10-17(24)20(16)18)13-5-7-15(25-4)8-6-13/h5-8,11,14,18,22H,9-10H2,1-4H3/t14-,18+/m1/s1. The average molecular weight is 352 g/mol. The lowest BCUT2D eigenvalue weighted by molar-refractivity contribution is -0.116. The van der Waals surface area contributed by atoms with Crippen molar-refractivity contribution >= 4 is 11.7 Å². The molecular formula is C21H24N2O3. The Bertz CT molecular complexity index is 877. The van der Waals surface area contributed by atoms with Crippen LogP contribution >= 0.6 is 0 Å². The number of fused-ring (bicyclic) bond motifs is 1. The molecule has 0 spiro atoms. The lowest BCUT2D eigenvalue weighted by Gasteiger charge is -2.35. The van der Waals surface area contributed by atoms with Crippen molar-refractivity contribution < 1.29 is 14.1 Å². The Morgan fingerprint density at radius 3 is 2.62 bits per heavy atom. The van der Waals surface area contributed by atoms with Crippen molar-refractivity contribution in [2.75, 3.05) is 12.4 Å². The largest absolute Gasteiger partial charge is 0.497 e. The highest BCUT2D eigenvalue weighted by Gasteiger charge is 2.41. The fourth-order valence-electron chi connectivity index (χ4n) is 4.30. The van der Waals surface area contributed by atoms with E-state index in [-0.39, 0.29) is 17.6 Å². The lowest BCUT2D eigenvalue weighted by atomic mass is 9.71. The highest BCUT2D eigenvalue weighted by Crippen LogP contribution is 2.49. The molecule has 5 nitrogen and oxygen atoms in total. The number of carbonyl (C=O) groups is 1. The van der Waals surface area contributed by atoms with Gasteiger partial charge in [0, 0.05) is 29.2 Å². The second-order valence-corrected chi connectivity index (χ2v) is 7.55. The zero-order valence-corrected chi connectivity index (χ0v) is 15.6. The summed E-state index contributed by atoms with van der Waals surface area (Å²) in [7, 11) is 1.66. The molecule has 2 aliphatic rings. The summed E-state index contributed by atoms with van der Waals surface area (Å²) < 4.78 is 10.7. The van der Waals surface area contributed by atoms with Gasteiger partial charge in [-0.15, -0.1) is 0 Å². The summed E-state index contributed by atoms with van der Waals surface area (Å²) in [5, 5.41) is 7.48. The first-order valence-electron chi connectivity index (χ1n) is 9.13. The van der Waals surface area contributed by atoms with Crippen LogP contribution in [0.5, 0.6) is 5.75 Å². The number of methoxy groups -OCH3 is 1. The molecule has 1 aromatic carbocycles. The Morgan fingerprint density at radius 2 is 1.96 bits per heavy atom. The number of hydrogen-bond donors (Lipinski definition) is 1. The fourth-order valence-corrected chi connectivity index (χ4v) is 4.30. The smallest absolute Gasteiger partial charge is 0.232 e. The van der Waals surface area contributed by atoms with E-state index in [0.717, 1.165) is 40.3 Å². The van der Waals surface area contributed by atoms with Crippen LogP contribution in [-0.2, 0) is 4.79 Å². The van der Waals surface area contributed by atoms with Crippen LogP contribution < -0.4 is 10.1 Å². The van der Waals surface area contributed by atoms with Crippen LogP contribution in [0.1, 0.15) is 55.3 Å². The highest BCUT2D eigenvalue weighted by molar-refractivity contribution is 6.00. The molecule has 0 unspecified atom stereocenters. The number of aromatic nitrogens is 1. The molecule has 2 aromatic rings. The molecule has 1 aliphatic heterocycles. The number of Topliss-reactive ketones (excluding diaryl/α,β-unsaturated/α-hetero) is 1. The minimum Gasteiger partial charge on any atom is -0.497 e. The number of hydrogen-bond acceptors (Lipinski definition) is 5. The van der Waals surface area contributed by atoms with Crippen molar-refractivity contribution in [1.82, 2.24) is 5.16 Å². The summed E-state index contributed by atoms with van der Waals surface area (Å²) in [5.41, 5.74) is 4.97. The maximum atomic E-state index is 13.1. The van der Waals surface area contributed by atoms with Crippen molar-refractivity contribution in [3.05, 3.63) is 52.4 Å². The molecule has 0 saturated heterocycles. The maximum absolute atomic E-state index is 13.1. The minimum absolute atomic E-state index is 0.0526. The topological polar surface area (TPSA) is 64.4 Å². The molecule has 0 amide bonds. The minimum atomic E-state index is 0.0526. The van der Waals surface area contributed by atoms with Gasteiger partial charge in [-0.1, -0.05) is 31.1 Å². The van der Waals surface area contributed by atoms with Crippen LogP contribution in [0.4, 0.5) is 5.88 Å². The molecule has 26 heavy (non-hydrogen) atoms. The number of rotatable bonds is 3. The van der Waals surface area contributed by atoms with E-state index in [1.807, 2.05) is 19.1 Å². The molecule has 0 radical (unpaired) electrons. The first kappa shape index (κ1) is 16.9. The Hall–Kier alpha value is -2.56. The van der Waals surface area contributed by atoms with E-state index in [1.54, 1.807) is 7.11 Å². The van der Waals surface area contributed by atoms with E-state index < -0.39 is 0 Å². The normalized spacial score (nSPS) is 22.1. The third-order valence-electron chi connectivity index (χ3n) is 5.56. The van der Waals surface area contributed by atoms with Crippen molar-refractivity contribution in [2.45, 2.75) is 45.4 Å². The van der Waals surface area contributed by atoms with Crippen molar-refractivity contribution in [3.63, 3.8) is 0 Å². The molecule has 0 fully saturated rings. The summed E-state index contributed by atoms with van der Waals surface area (Å²) in [5.74, 6) is 2.27. The predicted octanol–water partition coefficient (Wildman–Crippen LogP) is 4.56. The first-order chi connectivity index (χ1) is 12.5. The number of ether oxygens (including phenoxy) is 1. The van der Waals surface area contributed by atoms with E-state index in [4.69, 9.17) is 9.26 Å².